The van der Waals surface area contributed by atoms with Crippen molar-refractivity contribution in [3.8, 4) is 0 Å². The number of hydrogen-bond acceptors (Lipinski definition) is 2. The maximum absolute atomic E-state index is 13.0. The monoisotopic (exact) mass is 322 g/mol. The lowest BCUT2D eigenvalue weighted by Crippen LogP contribution is -2.63. The van der Waals surface area contributed by atoms with E-state index in [1.165, 1.54) is 0 Å². The van der Waals surface area contributed by atoms with Crippen LogP contribution in [0.1, 0.15) is 24.5 Å². The smallest absolute Gasteiger partial charge is 0.246 e. The Bertz CT molecular complexity index is 700. The third-order valence-corrected chi connectivity index (χ3v) is 4.44. The summed E-state index contributed by atoms with van der Waals surface area (Å²) in [5.74, 6) is -0.0666. The van der Waals surface area contributed by atoms with Gasteiger partial charge in [0.25, 0.3) is 0 Å². The summed E-state index contributed by atoms with van der Waals surface area (Å²) in [5.41, 5.74) is 2.09. The van der Waals surface area contributed by atoms with Gasteiger partial charge in [-0.3, -0.25) is 9.59 Å². The molecule has 4 nitrogen and oxygen atoms in total. The van der Waals surface area contributed by atoms with Crippen LogP contribution in [0.4, 0.5) is 0 Å². The van der Waals surface area contributed by atoms with Crippen LogP contribution in [0.5, 0.6) is 0 Å². The summed E-state index contributed by atoms with van der Waals surface area (Å²) < 4.78 is 0. The first kappa shape index (κ1) is 16.2. The van der Waals surface area contributed by atoms with Crippen LogP contribution in [0.15, 0.2) is 60.7 Å². The normalized spacial score (nSPS) is 20.8. The molecule has 2 aromatic rings. The Kier molecular flexibility index (Phi) is 4.94. The van der Waals surface area contributed by atoms with Crippen molar-refractivity contribution in [1.29, 1.82) is 0 Å². The molecule has 1 saturated heterocycles. The van der Waals surface area contributed by atoms with Crippen LogP contribution >= 0.6 is 0 Å². The van der Waals surface area contributed by atoms with Gasteiger partial charge in [-0.15, -0.1) is 0 Å². The second-order valence-corrected chi connectivity index (χ2v) is 6.13. The molecule has 1 aliphatic rings. The zero-order chi connectivity index (χ0) is 16.9. The van der Waals surface area contributed by atoms with E-state index in [1.54, 1.807) is 4.90 Å². The minimum atomic E-state index is -0.494. The van der Waals surface area contributed by atoms with E-state index in [1.807, 2.05) is 67.6 Å². The topological polar surface area (TPSA) is 49.4 Å². The molecule has 0 aliphatic carbocycles. The minimum absolute atomic E-state index is 0.00541. The first-order valence-electron chi connectivity index (χ1n) is 8.37. The van der Waals surface area contributed by atoms with E-state index in [0.29, 0.717) is 19.4 Å². The highest BCUT2D eigenvalue weighted by atomic mass is 16.2. The van der Waals surface area contributed by atoms with E-state index >= 15 is 0 Å². The number of carbonyl (C=O) groups is 2. The highest BCUT2D eigenvalue weighted by molar-refractivity contribution is 5.97. The molecule has 2 amide bonds. The molecule has 1 heterocycles. The van der Waals surface area contributed by atoms with Gasteiger partial charge in [0, 0.05) is 13.0 Å². The summed E-state index contributed by atoms with van der Waals surface area (Å²) in [6.45, 7) is 2.41. The Morgan fingerprint density at radius 1 is 0.917 bits per heavy atom. The Hall–Kier alpha value is -2.62. The molecule has 0 saturated carbocycles. The second-order valence-electron chi connectivity index (χ2n) is 6.13. The lowest BCUT2D eigenvalue weighted by atomic mass is 9.98. The summed E-state index contributed by atoms with van der Waals surface area (Å²) >= 11 is 0. The number of amides is 2. The van der Waals surface area contributed by atoms with E-state index in [2.05, 4.69) is 5.32 Å². The Morgan fingerprint density at radius 2 is 1.50 bits per heavy atom. The molecule has 2 atom stereocenters. The summed E-state index contributed by atoms with van der Waals surface area (Å²) in [5, 5.41) is 2.90. The third-order valence-electron chi connectivity index (χ3n) is 4.44. The largest absolute Gasteiger partial charge is 0.342 e. The molecule has 2 unspecified atom stereocenters. The fraction of sp³-hybridized carbons (Fsp3) is 0.300. The first-order chi connectivity index (χ1) is 11.7. The zero-order valence-electron chi connectivity index (χ0n) is 13.8. The lowest BCUT2D eigenvalue weighted by molar-refractivity contribution is -0.150. The number of benzene rings is 2. The SMILES string of the molecule is CCC1C(=O)NC(Cc2ccccc2)C(=O)N1Cc1ccccc1. The van der Waals surface area contributed by atoms with Gasteiger partial charge in [0.05, 0.1) is 0 Å². The van der Waals surface area contributed by atoms with Crippen molar-refractivity contribution in [2.75, 3.05) is 0 Å². The molecule has 24 heavy (non-hydrogen) atoms. The molecule has 0 aromatic heterocycles. The number of nitrogens with one attached hydrogen (secondary N) is 1. The summed E-state index contributed by atoms with van der Waals surface area (Å²) in [6, 6.07) is 18.7. The first-order valence-corrected chi connectivity index (χ1v) is 8.37. The third kappa shape index (κ3) is 3.48. The Morgan fingerprint density at radius 3 is 2.08 bits per heavy atom. The Balaban J connectivity index is 1.81. The van der Waals surface area contributed by atoms with Gasteiger partial charge < -0.3 is 10.2 Å². The second kappa shape index (κ2) is 7.30. The van der Waals surface area contributed by atoms with Crippen molar-refractivity contribution in [2.45, 2.75) is 38.4 Å². The number of carbonyl (C=O) groups excluding carboxylic acids is 2. The van der Waals surface area contributed by atoms with E-state index in [9.17, 15) is 9.59 Å². The quantitative estimate of drug-likeness (QED) is 0.919. The van der Waals surface area contributed by atoms with Gasteiger partial charge in [0.2, 0.25) is 11.8 Å². The zero-order valence-corrected chi connectivity index (χ0v) is 13.8. The molecule has 124 valence electrons. The van der Waals surface area contributed by atoms with Crippen molar-refractivity contribution in [1.82, 2.24) is 10.2 Å². The Labute approximate surface area is 142 Å². The maximum atomic E-state index is 13.0. The van der Waals surface area contributed by atoms with Gasteiger partial charge in [0.15, 0.2) is 0 Å². The molecule has 1 aliphatic heterocycles. The van der Waals surface area contributed by atoms with Gasteiger partial charge >= 0.3 is 0 Å². The lowest BCUT2D eigenvalue weighted by Gasteiger charge is -2.38. The van der Waals surface area contributed by atoms with Crippen LogP contribution in [0.3, 0.4) is 0 Å². The molecule has 3 rings (SSSR count). The van der Waals surface area contributed by atoms with Crippen LogP contribution in [0, 0.1) is 0 Å². The average molecular weight is 322 g/mol. The summed E-state index contributed by atoms with van der Waals surface area (Å²) in [4.78, 5) is 27.2. The predicted octanol–water partition coefficient (Wildman–Crippen LogP) is 2.53. The maximum Gasteiger partial charge on any atom is 0.246 e. The van der Waals surface area contributed by atoms with Crippen molar-refractivity contribution < 1.29 is 9.59 Å². The van der Waals surface area contributed by atoms with Crippen LogP contribution in [0.25, 0.3) is 0 Å². The summed E-state index contributed by atoms with van der Waals surface area (Å²) in [6.07, 6.45) is 1.13. The van der Waals surface area contributed by atoms with Crippen molar-refractivity contribution in [3.63, 3.8) is 0 Å². The van der Waals surface area contributed by atoms with E-state index in [-0.39, 0.29) is 11.8 Å². The van der Waals surface area contributed by atoms with Gasteiger partial charge in [0.1, 0.15) is 12.1 Å². The number of piperazine rings is 1. The van der Waals surface area contributed by atoms with Crippen LogP contribution < -0.4 is 5.32 Å². The van der Waals surface area contributed by atoms with Crippen LogP contribution in [0.2, 0.25) is 0 Å². The summed E-state index contributed by atoms with van der Waals surface area (Å²) in [7, 11) is 0. The number of hydrogen-bond donors (Lipinski definition) is 1. The van der Waals surface area contributed by atoms with Crippen LogP contribution in [-0.2, 0) is 22.6 Å². The van der Waals surface area contributed by atoms with Gasteiger partial charge in [-0.25, -0.2) is 0 Å². The van der Waals surface area contributed by atoms with E-state index in [4.69, 9.17) is 0 Å². The van der Waals surface area contributed by atoms with E-state index < -0.39 is 12.1 Å². The van der Waals surface area contributed by atoms with Gasteiger partial charge in [-0.1, -0.05) is 67.6 Å². The molecule has 1 N–H and O–H groups in total. The number of rotatable bonds is 5. The standard InChI is InChI=1S/C20H22N2O2/c1-2-18-19(23)21-17(13-15-9-5-3-6-10-15)20(24)22(18)14-16-11-7-4-8-12-16/h3-12,17-18H,2,13-14H2,1H3,(H,21,23). The fourth-order valence-electron chi connectivity index (χ4n) is 3.19. The minimum Gasteiger partial charge on any atom is -0.342 e. The molecule has 0 spiro atoms. The van der Waals surface area contributed by atoms with Crippen molar-refractivity contribution in [3.05, 3.63) is 71.8 Å². The molecular formula is C20H22N2O2. The fourth-order valence-corrected chi connectivity index (χ4v) is 3.19. The predicted molar refractivity (Wildman–Crippen MR) is 93.1 cm³/mol. The number of nitrogens with zero attached hydrogens (tertiary/aromatic N) is 1. The molecule has 1 fully saturated rings. The van der Waals surface area contributed by atoms with Crippen LogP contribution in [-0.4, -0.2) is 28.8 Å². The van der Waals surface area contributed by atoms with Gasteiger partial charge in [-0.2, -0.15) is 0 Å². The molecule has 2 aromatic carbocycles. The molecule has 4 heteroatoms. The highest BCUT2D eigenvalue weighted by Crippen LogP contribution is 2.19. The van der Waals surface area contributed by atoms with Crippen molar-refractivity contribution in [2.24, 2.45) is 0 Å². The van der Waals surface area contributed by atoms with E-state index in [0.717, 1.165) is 11.1 Å². The molecular weight excluding hydrogens is 300 g/mol. The average Bonchev–Trinajstić information content (AvgIpc) is 2.61. The highest BCUT2D eigenvalue weighted by Gasteiger charge is 2.39. The van der Waals surface area contributed by atoms with Crippen molar-refractivity contribution >= 4 is 11.8 Å². The molecule has 0 radical (unpaired) electrons. The van der Waals surface area contributed by atoms with Gasteiger partial charge in [-0.05, 0) is 17.5 Å². The molecule has 0 bridgehead atoms.